The van der Waals surface area contributed by atoms with Crippen LogP contribution in [0.15, 0.2) is 42.5 Å². The summed E-state index contributed by atoms with van der Waals surface area (Å²) >= 11 is 11.6. The average molecular weight is 356 g/mol. The average Bonchev–Trinajstić information content (AvgIpc) is 2.48. The second kappa shape index (κ2) is 7.44. The molecule has 1 N–H and O–H groups in total. The fraction of sp³-hybridized carbons (Fsp3) is 0.125. The molecule has 7 heteroatoms. The molecular formula is C16H12Cl2FNO3. The molecule has 120 valence electrons. The summed E-state index contributed by atoms with van der Waals surface area (Å²) in [6, 6.07) is 9.48. The minimum absolute atomic E-state index is 0.143. The van der Waals surface area contributed by atoms with Crippen LogP contribution in [-0.4, -0.2) is 18.0 Å². The lowest BCUT2D eigenvalue weighted by atomic mass is 10.2. The summed E-state index contributed by atoms with van der Waals surface area (Å²) in [6.07, 6.45) is -1.05. The number of benzene rings is 2. The predicted molar refractivity (Wildman–Crippen MR) is 86.4 cm³/mol. The van der Waals surface area contributed by atoms with Crippen LogP contribution in [0.25, 0.3) is 0 Å². The van der Waals surface area contributed by atoms with Gasteiger partial charge in [-0.1, -0.05) is 23.2 Å². The van der Waals surface area contributed by atoms with E-state index < -0.39 is 23.8 Å². The Labute approximate surface area is 142 Å². The molecule has 4 nitrogen and oxygen atoms in total. The lowest BCUT2D eigenvalue weighted by Crippen LogP contribution is -2.30. The SMILES string of the molecule is C[C@@H](OC(=O)c1cc(Cl)cc(Cl)c1)C(=O)Nc1ccc(F)cc1. The summed E-state index contributed by atoms with van der Waals surface area (Å²) in [5, 5.41) is 3.08. The van der Waals surface area contributed by atoms with Gasteiger partial charge in [-0.25, -0.2) is 9.18 Å². The summed E-state index contributed by atoms with van der Waals surface area (Å²) in [5.74, 6) is -1.69. The molecule has 23 heavy (non-hydrogen) atoms. The Morgan fingerprint density at radius 2 is 1.65 bits per heavy atom. The van der Waals surface area contributed by atoms with E-state index in [9.17, 15) is 14.0 Å². The molecule has 2 aromatic rings. The first-order valence-electron chi connectivity index (χ1n) is 6.58. The maximum Gasteiger partial charge on any atom is 0.339 e. The molecule has 0 heterocycles. The number of carbonyl (C=O) groups is 2. The zero-order valence-electron chi connectivity index (χ0n) is 12.0. The van der Waals surface area contributed by atoms with Crippen LogP contribution in [0.2, 0.25) is 10.0 Å². The van der Waals surface area contributed by atoms with Crippen molar-refractivity contribution in [2.75, 3.05) is 5.32 Å². The van der Waals surface area contributed by atoms with Crippen LogP contribution >= 0.6 is 23.2 Å². The highest BCUT2D eigenvalue weighted by molar-refractivity contribution is 6.35. The summed E-state index contributed by atoms with van der Waals surface area (Å²) < 4.78 is 17.9. The maximum atomic E-state index is 12.8. The molecule has 0 saturated carbocycles. The highest BCUT2D eigenvalue weighted by atomic mass is 35.5. The summed E-state index contributed by atoms with van der Waals surface area (Å²) in [5.41, 5.74) is 0.536. The van der Waals surface area contributed by atoms with Crippen LogP contribution in [-0.2, 0) is 9.53 Å². The Bertz CT molecular complexity index is 714. The quantitative estimate of drug-likeness (QED) is 0.831. The number of ether oxygens (including phenoxy) is 1. The third-order valence-corrected chi connectivity index (χ3v) is 3.30. The normalized spacial score (nSPS) is 11.7. The number of anilines is 1. The van der Waals surface area contributed by atoms with Crippen LogP contribution < -0.4 is 5.32 Å². The van der Waals surface area contributed by atoms with E-state index in [2.05, 4.69) is 5.32 Å². The lowest BCUT2D eigenvalue weighted by molar-refractivity contribution is -0.123. The van der Waals surface area contributed by atoms with Crippen molar-refractivity contribution >= 4 is 40.8 Å². The number of carbonyl (C=O) groups excluding carboxylic acids is 2. The Morgan fingerprint density at radius 1 is 1.09 bits per heavy atom. The van der Waals surface area contributed by atoms with Crippen LogP contribution in [0.5, 0.6) is 0 Å². The van der Waals surface area contributed by atoms with Crippen molar-refractivity contribution in [2.45, 2.75) is 13.0 Å². The van der Waals surface area contributed by atoms with Gasteiger partial charge in [0.15, 0.2) is 6.10 Å². The second-order valence-electron chi connectivity index (χ2n) is 4.70. The molecule has 0 radical (unpaired) electrons. The monoisotopic (exact) mass is 355 g/mol. The van der Waals surface area contributed by atoms with E-state index in [0.717, 1.165) is 0 Å². The number of hydrogen-bond donors (Lipinski definition) is 1. The zero-order valence-corrected chi connectivity index (χ0v) is 13.5. The van der Waals surface area contributed by atoms with Crippen LogP contribution in [0, 0.1) is 5.82 Å². The van der Waals surface area contributed by atoms with E-state index >= 15 is 0 Å². The number of halogens is 3. The predicted octanol–water partition coefficient (Wildman–Crippen LogP) is 4.32. The van der Waals surface area contributed by atoms with Crippen molar-refractivity contribution < 1.29 is 18.7 Å². The van der Waals surface area contributed by atoms with Gasteiger partial charge in [0.25, 0.3) is 5.91 Å². The standard InChI is InChI=1S/C16H12Cl2FNO3/c1-9(15(21)20-14-4-2-13(19)3-5-14)23-16(22)10-6-11(17)8-12(18)7-10/h2-9H,1H3,(H,20,21)/t9-/m1/s1. The number of nitrogens with one attached hydrogen (secondary N) is 1. The number of rotatable bonds is 4. The van der Waals surface area contributed by atoms with Gasteiger partial charge in [0, 0.05) is 15.7 Å². The molecule has 2 aromatic carbocycles. The summed E-state index contributed by atoms with van der Waals surface area (Å²) in [7, 11) is 0. The fourth-order valence-corrected chi connectivity index (χ4v) is 2.26. The van der Waals surface area contributed by atoms with E-state index in [1.54, 1.807) is 0 Å². The smallest absolute Gasteiger partial charge is 0.339 e. The minimum atomic E-state index is -1.05. The molecule has 0 aromatic heterocycles. The third-order valence-electron chi connectivity index (χ3n) is 2.86. The number of hydrogen-bond acceptors (Lipinski definition) is 3. The topological polar surface area (TPSA) is 55.4 Å². The molecule has 0 aliphatic carbocycles. The molecule has 0 saturated heterocycles. The molecule has 0 bridgehead atoms. The number of amides is 1. The van der Waals surface area contributed by atoms with Gasteiger partial charge in [0.1, 0.15) is 5.82 Å². The van der Waals surface area contributed by atoms with E-state index in [4.69, 9.17) is 27.9 Å². The van der Waals surface area contributed by atoms with Crippen LogP contribution in [0.4, 0.5) is 10.1 Å². The van der Waals surface area contributed by atoms with Crippen LogP contribution in [0.3, 0.4) is 0 Å². The molecule has 1 amide bonds. The zero-order chi connectivity index (χ0) is 17.0. The Morgan fingerprint density at radius 3 is 2.22 bits per heavy atom. The van der Waals surface area contributed by atoms with Crippen molar-refractivity contribution in [3.05, 3.63) is 63.9 Å². The van der Waals surface area contributed by atoms with Crippen molar-refractivity contribution in [2.24, 2.45) is 0 Å². The molecule has 0 spiro atoms. The first-order valence-corrected chi connectivity index (χ1v) is 7.34. The Kier molecular flexibility index (Phi) is 5.58. The third kappa shape index (κ3) is 4.94. The first kappa shape index (κ1) is 17.2. The van der Waals surface area contributed by atoms with Gasteiger partial charge in [0.2, 0.25) is 0 Å². The van der Waals surface area contributed by atoms with Crippen molar-refractivity contribution in [1.29, 1.82) is 0 Å². The summed E-state index contributed by atoms with van der Waals surface area (Å²) in [6.45, 7) is 1.42. The van der Waals surface area contributed by atoms with Crippen molar-refractivity contribution in [3.63, 3.8) is 0 Å². The first-order chi connectivity index (χ1) is 10.8. The van der Waals surface area contributed by atoms with Gasteiger partial charge in [-0.15, -0.1) is 0 Å². The maximum absolute atomic E-state index is 12.8. The second-order valence-corrected chi connectivity index (χ2v) is 5.57. The van der Waals surface area contributed by atoms with Crippen molar-refractivity contribution in [3.8, 4) is 0 Å². The highest BCUT2D eigenvalue weighted by Crippen LogP contribution is 2.20. The minimum Gasteiger partial charge on any atom is -0.449 e. The molecule has 0 aliphatic heterocycles. The number of esters is 1. The highest BCUT2D eigenvalue weighted by Gasteiger charge is 2.19. The van der Waals surface area contributed by atoms with E-state index in [1.807, 2.05) is 0 Å². The Hall–Kier alpha value is -2.11. The molecule has 2 rings (SSSR count). The van der Waals surface area contributed by atoms with Crippen LogP contribution in [0.1, 0.15) is 17.3 Å². The fourth-order valence-electron chi connectivity index (χ4n) is 1.73. The van der Waals surface area contributed by atoms with E-state index in [0.29, 0.717) is 5.69 Å². The van der Waals surface area contributed by atoms with Gasteiger partial charge in [0.05, 0.1) is 5.56 Å². The molecule has 0 fully saturated rings. The van der Waals surface area contributed by atoms with Gasteiger partial charge < -0.3 is 10.1 Å². The van der Waals surface area contributed by atoms with Gasteiger partial charge in [-0.05, 0) is 49.4 Å². The molecule has 0 unspecified atom stereocenters. The molecule has 0 aliphatic rings. The van der Waals surface area contributed by atoms with Gasteiger partial charge in [-0.3, -0.25) is 4.79 Å². The molecular weight excluding hydrogens is 344 g/mol. The largest absolute Gasteiger partial charge is 0.449 e. The van der Waals surface area contributed by atoms with E-state index in [1.165, 1.54) is 49.4 Å². The van der Waals surface area contributed by atoms with Gasteiger partial charge >= 0.3 is 5.97 Å². The summed E-state index contributed by atoms with van der Waals surface area (Å²) in [4.78, 5) is 24.0. The Balaban J connectivity index is 1.99. The molecule has 1 atom stereocenters. The van der Waals surface area contributed by atoms with Crippen molar-refractivity contribution in [1.82, 2.24) is 0 Å². The lowest BCUT2D eigenvalue weighted by Gasteiger charge is -2.13. The van der Waals surface area contributed by atoms with Gasteiger partial charge in [-0.2, -0.15) is 0 Å². The van der Waals surface area contributed by atoms with E-state index in [-0.39, 0.29) is 15.6 Å².